The summed E-state index contributed by atoms with van der Waals surface area (Å²) in [6.45, 7) is 0. The van der Waals surface area contributed by atoms with E-state index in [0.29, 0.717) is 0 Å². The van der Waals surface area contributed by atoms with Crippen LogP contribution in [0.2, 0.25) is 0 Å². The van der Waals surface area contributed by atoms with Crippen molar-refractivity contribution >= 4 is 17.8 Å². The predicted octanol–water partition coefficient (Wildman–Crippen LogP) is -1.78. The van der Waals surface area contributed by atoms with Crippen molar-refractivity contribution < 1.29 is 24.6 Å². The number of fused-ring (bicyclic) bond motifs is 1. The monoisotopic (exact) mass is 228 g/mol. The van der Waals surface area contributed by atoms with Crippen molar-refractivity contribution in [1.82, 2.24) is 0 Å². The third kappa shape index (κ3) is 1.15. The van der Waals surface area contributed by atoms with E-state index in [0.717, 1.165) is 0 Å². The summed E-state index contributed by atoms with van der Waals surface area (Å²) in [6.07, 6.45) is -0.0726. The van der Waals surface area contributed by atoms with Crippen molar-refractivity contribution in [3.63, 3.8) is 0 Å². The van der Waals surface area contributed by atoms with E-state index >= 15 is 0 Å². The van der Waals surface area contributed by atoms with Gasteiger partial charge in [0.25, 0.3) is 0 Å². The molecule has 16 heavy (non-hydrogen) atoms. The third-order valence-corrected chi connectivity index (χ3v) is 3.74. The fraction of sp³-hybridized carbons (Fsp3) is 0.667. The Kier molecular flexibility index (Phi) is 2.00. The first-order valence-electron chi connectivity index (χ1n) is 4.85. The van der Waals surface area contributed by atoms with Gasteiger partial charge in [-0.1, -0.05) is 0 Å². The zero-order valence-corrected chi connectivity index (χ0v) is 8.29. The number of carboxylic acid groups (broad SMARTS) is 2. The molecular formula is C9H12N2O5. The Balaban J connectivity index is 2.32. The lowest BCUT2D eigenvalue weighted by Crippen LogP contribution is -2.50. The van der Waals surface area contributed by atoms with Crippen LogP contribution in [0.3, 0.4) is 0 Å². The Morgan fingerprint density at radius 2 is 1.81 bits per heavy atom. The van der Waals surface area contributed by atoms with E-state index in [1.165, 1.54) is 0 Å². The van der Waals surface area contributed by atoms with Crippen molar-refractivity contribution in [2.24, 2.45) is 35.1 Å². The zero-order valence-electron chi connectivity index (χ0n) is 8.29. The molecule has 2 aliphatic carbocycles. The van der Waals surface area contributed by atoms with Gasteiger partial charge in [0.05, 0.1) is 5.92 Å². The minimum Gasteiger partial charge on any atom is -0.481 e. The summed E-state index contributed by atoms with van der Waals surface area (Å²) in [4.78, 5) is 33.0. The molecule has 0 aromatic rings. The molecule has 5 atom stereocenters. The first kappa shape index (κ1) is 10.9. The highest BCUT2D eigenvalue weighted by Crippen LogP contribution is 2.64. The Labute approximate surface area is 90.4 Å². The van der Waals surface area contributed by atoms with Crippen LogP contribution >= 0.6 is 0 Å². The van der Waals surface area contributed by atoms with Crippen molar-refractivity contribution in [2.75, 3.05) is 0 Å². The molecule has 0 heterocycles. The second-order valence-corrected chi connectivity index (χ2v) is 4.53. The average Bonchev–Trinajstić information content (AvgIpc) is 2.81. The molecule has 2 fully saturated rings. The van der Waals surface area contributed by atoms with E-state index in [9.17, 15) is 14.4 Å². The molecule has 6 N–H and O–H groups in total. The molecule has 0 aromatic heterocycles. The van der Waals surface area contributed by atoms with Gasteiger partial charge in [-0.25, -0.2) is 0 Å². The maximum atomic E-state index is 11.1. The van der Waals surface area contributed by atoms with Gasteiger partial charge in [0, 0.05) is 11.8 Å². The van der Waals surface area contributed by atoms with Gasteiger partial charge in [0.1, 0.15) is 5.54 Å². The maximum absolute atomic E-state index is 11.1. The normalized spacial score (nSPS) is 44.8. The first-order chi connectivity index (χ1) is 7.30. The van der Waals surface area contributed by atoms with Gasteiger partial charge in [-0.3, -0.25) is 14.4 Å². The summed E-state index contributed by atoms with van der Waals surface area (Å²) in [5.74, 6) is -5.85. The molecule has 2 rings (SSSR count). The number of nitrogens with two attached hydrogens (primary N) is 2. The number of hydrogen-bond acceptors (Lipinski definition) is 4. The van der Waals surface area contributed by atoms with Gasteiger partial charge in [0.15, 0.2) is 0 Å². The molecule has 0 saturated heterocycles. The lowest BCUT2D eigenvalue weighted by atomic mass is 9.87. The highest BCUT2D eigenvalue weighted by Gasteiger charge is 2.74. The highest BCUT2D eigenvalue weighted by atomic mass is 16.4. The van der Waals surface area contributed by atoms with Crippen LogP contribution in [0.1, 0.15) is 6.42 Å². The predicted molar refractivity (Wildman–Crippen MR) is 50.0 cm³/mol. The number of rotatable bonds is 3. The molecular weight excluding hydrogens is 216 g/mol. The summed E-state index contributed by atoms with van der Waals surface area (Å²) in [6, 6.07) is 0. The number of hydrogen-bond donors (Lipinski definition) is 4. The van der Waals surface area contributed by atoms with Gasteiger partial charge >= 0.3 is 11.9 Å². The maximum Gasteiger partial charge on any atom is 0.324 e. The number of carbonyl (C=O) groups excluding carboxylic acids is 1. The minimum atomic E-state index is -1.63. The van der Waals surface area contributed by atoms with Crippen molar-refractivity contribution in [3.8, 4) is 0 Å². The third-order valence-electron chi connectivity index (χ3n) is 3.74. The first-order valence-corrected chi connectivity index (χ1v) is 4.85. The molecule has 7 nitrogen and oxygen atoms in total. The Morgan fingerprint density at radius 1 is 1.25 bits per heavy atom. The van der Waals surface area contributed by atoms with Crippen LogP contribution < -0.4 is 11.5 Å². The molecule has 0 bridgehead atoms. The summed E-state index contributed by atoms with van der Waals surface area (Å²) < 4.78 is 0. The number of carbonyl (C=O) groups is 3. The van der Waals surface area contributed by atoms with Gasteiger partial charge in [-0.2, -0.15) is 0 Å². The van der Waals surface area contributed by atoms with E-state index in [1.54, 1.807) is 0 Å². The Morgan fingerprint density at radius 3 is 2.19 bits per heavy atom. The quantitative estimate of drug-likeness (QED) is 0.449. The molecule has 88 valence electrons. The van der Waals surface area contributed by atoms with E-state index < -0.39 is 47.1 Å². The van der Waals surface area contributed by atoms with Crippen LogP contribution in [-0.2, 0) is 14.4 Å². The Bertz CT molecular complexity index is 395. The zero-order chi connectivity index (χ0) is 12.2. The topological polar surface area (TPSA) is 144 Å². The van der Waals surface area contributed by atoms with E-state index in [-0.39, 0.29) is 6.42 Å². The fourth-order valence-corrected chi connectivity index (χ4v) is 2.97. The van der Waals surface area contributed by atoms with E-state index in [2.05, 4.69) is 0 Å². The van der Waals surface area contributed by atoms with Crippen LogP contribution in [0.4, 0.5) is 0 Å². The SMILES string of the molecule is NC(=O)C1CC(N)(C(=O)O)C2C(C(=O)O)C12. The molecule has 0 aromatic carbocycles. The molecule has 0 aliphatic heterocycles. The second-order valence-electron chi connectivity index (χ2n) is 4.53. The van der Waals surface area contributed by atoms with E-state index in [1.807, 2.05) is 0 Å². The van der Waals surface area contributed by atoms with Gasteiger partial charge in [-0.05, 0) is 12.3 Å². The van der Waals surface area contributed by atoms with Crippen LogP contribution in [0.25, 0.3) is 0 Å². The molecule has 7 heteroatoms. The number of aliphatic carboxylic acids is 2. The number of carboxylic acids is 2. The van der Waals surface area contributed by atoms with Crippen LogP contribution in [-0.4, -0.2) is 33.6 Å². The van der Waals surface area contributed by atoms with Crippen LogP contribution in [0.5, 0.6) is 0 Å². The molecule has 0 spiro atoms. The molecule has 2 aliphatic rings. The largest absolute Gasteiger partial charge is 0.481 e. The lowest BCUT2D eigenvalue weighted by Gasteiger charge is -2.23. The van der Waals surface area contributed by atoms with Crippen LogP contribution in [0.15, 0.2) is 0 Å². The van der Waals surface area contributed by atoms with E-state index in [4.69, 9.17) is 21.7 Å². The van der Waals surface area contributed by atoms with Crippen molar-refractivity contribution in [1.29, 1.82) is 0 Å². The standard InChI is InChI=1S/C9H12N2O5/c10-6(12)2-1-9(11,8(15)16)5-3(2)4(5)7(13)14/h2-5H,1,11H2,(H2,10,12)(H,13,14)(H,15,16). The fourth-order valence-electron chi connectivity index (χ4n) is 2.97. The number of amides is 1. The van der Waals surface area contributed by atoms with Gasteiger partial charge < -0.3 is 21.7 Å². The van der Waals surface area contributed by atoms with Crippen LogP contribution in [0, 0.1) is 23.7 Å². The summed E-state index contributed by atoms with van der Waals surface area (Å²) in [7, 11) is 0. The summed E-state index contributed by atoms with van der Waals surface area (Å²) >= 11 is 0. The average molecular weight is 228 g/mol. The lowest BCUT2D eigenvalue weighted by molar-refractivity contribution is -0.145. The summed E-state index contributed by atoms with van der Waals surface area (Å²) in [5.41, 5.74) is 9.16. The molecule has 0 radical (unpaired) electrons. The number of primary amides is 1. The molecule has 1 amide bonds. The van der Waals surface area contributed by atoms with Gasteiger partial charge in [-0.15, -0.1) is 0 Å². The minimum absolute atomic E-state index is 0.0726. The van der Waals surface area contributed by atoms with Gasteiger partial charge in [0.2, 0.25) is 5.91 Å². The van der Waals surface area contributed by atoms with Crippen molar-refractivity contribution in [3.05, 3.63) is 0 Å². The summed E-state index contributed by atoms with van der Waals surface area (Å²) in [5, 5.41) is 17.9. The van der Waals surface area contributed by atoms with Crippen molar-refractivity contribution in [2.45, 2.75) is 12.0 Å². The molecule has 5 unspecified atom stereocenters. The second kappa shape index (κ2) is 2.94. The Hall–Kier alpha value is -1.63. The highest BCUT2D eigenvalue weighted by molar-refractivity contribution is 5.89. The smallest absolute Gasteiger partial charge is 0.324 e. The molecule has 2 saturated carbocycles.